The zero-order valence-corrected chi connectivity index (χ0v) is 16.9. The molecule has 2 N–H and O–H groups in total. The number of para-hydroxylation sites is 1. The molecule has 0 atom stereocenters. The van der Waals surface area contributed by atoms with E-state index in [9.17, 15) is 9.18 Å². The summed E-state index contributed by atoms with van der Waals surface area (Å²) in [6.45, 7) is 2.60. The summed E-state index contributed by atoms with van der Waals surface area (Å²) in [7, 11) is 0. The standard InChI is InChI=1S/C24H21FN2OS/c1-16-6-8-17(9-7-16)22-23(20-4-2-3-5-21(20)27-22)29-15-14-26-24(28)18-10-12-19(25)13-11-18/h2-13,27H,14-15H2,1H3,(H,26,28). The fourth-order valence-electron chi connectivity index (χ4n) is 3.21. The highest BCUT2D eigenvalue weighted by atomic mass is 32.2. The molecule has 29 heavy (non-hydrogen) atoms. The molecule has 146 valence electrons. The molecule has 3 aromatic carbocycles. The van der Waals surface area contributed by atoms with Crippen molar-refractivity contribution in [2.24, 2.45) is 0 Å². The number of carbonyl (C=O) groups is 1. The van der Waals surface area contributed by atoms with E-state index in [1.54, 1.807) is 11.8 Å². The van der Waals surface area contributed by atoms with E-state index in [1.165, 1.54) is 40.1 Å². The third-order valence-corrected chi connectivity index (χ3v) is 5.86. The predicted molar refractivity (Wildman–Crippen MR) is 118 cm³/mol. The van der Waals surface area contributed by atoms with Gasteiger partial charge in [0.25, 0.3) is 5.91 Å². The molecule has 0 fully saturated rings. The SMILES string of the molecule is Cc1ccc(-c2[nH]c3ccccc3c2SCCNC(=O)c2ccc(F)cc2)cc1. The molecular formula is C24H21FN2OS. The van der Waals surface area contributed by atoms with E-state index in [-0.39, 0.29) is 11.7 Å². The van der Waals surface area contributed by atoms with Gasteiger partial charge in [0.15, 0.2) is 0 Å². The number of aryl methyl sites for hydroxylation is 1. The Hall–Kier alpha value is -3.05. The van der Waals surface area contributed by atoms with E-state index in [1.807, 2.05) is 12.1 Å². The summed E-state index contributed by atoms with van der Waals surface area (Å²) in [6, 6.07) is 22.3. The Morgan fingerprint density at radius 2 is 1.72 bits per heavy atom. The highest BCUT2D eigenvalue weighted by molar-refractivity contribution is 7.99. The molecule has 1 heterocycles. The number of benzene rings is 3. The van der Waals surface area contributed by atoms with E-state index < -0.39 is 0 Å². The van der Waals surface area contributed by atoms with Crippen LogP contribution in [0.2, 0.25) is 0 Å². The normalized spacial score (nSPS) is 11.0. The second kappa shape index (κ2) is 8.53. The Labute approximate surface area is 173 Å². The van der Waals surface area contributed by atoms with E-state index in [0.29, 0.717) is 12.1 Å². The largest absolute Gasteiger partial charge is 0.354 e. The van der Waals surface area contributed by atoms with Crippen molar-refractivity contribution >= 4 is 28.6 Å². The molecule has 0 saturated heterocycles. The Balaban J connectivity index is 1.48. The van der Waals surface area contributed by atoms with Crippen molar-refractivity contribution in [1.29, 1.82) is 0 Å². The summed E-state index contributed by atoms with van der Waals surface area (Å²) >= 11 is 1.72. The first kappa shape index (κ1) is 19.3. The van der Waals surface area contributed by atoms with Gasteiger partial charge in [-0.25, -0.2) is 4.39 Å². The zero-order chi connectivity index (χ0) is 20.2. The fourth-order valence-corrected chi connectivity index (χ4v) is 4.27. The molecule has 5 heteroatoms. The number of nitrogens with one attached hydrogen (secondary N) is 2. The van der Waals surface area contributed by atoms with E-state index >= 15 is 0 Å². The Bertz CT molecular complexity index is 1130. The topological polar surface area (TPSA) is 44.9 Å². The van der Waals surface area contributed by atoms with E-state index in [4.69, 9.17) is 0 Å². The lowest BCUT2D eigenvalue weighted by Gasteiger charge is -2.07. The van der Waals surface area contributed by atoms with Crippen LogP contribution in [0.25, 0.3) is 22.2 Å². The number of carbonyl (C=O) groups excluding carboxylic acids is 1. The lowest BCUT2D eigenvalue weighted by atomic mass is 10.1. The Kier molecular flexibility index (Phi) is 5.67. The number of hydrogen-bond donors (Lipinski definition) is 2. The van der Waals surface area contributed by atoms with Gasteiger partial charge in [-0.05, 0) is 42.8 Å². The van der Waals surface area contributed by atoms with Gasteiger partial charge in [0.2, 0.25) is 0 Å². The fraction of sp³-hybridized carbons (Fsp3) is 0.125. The lowest BCUT2D eigenvalue weighted by molar-refractivity contribution is 0.0956. The van der Waals surface area contributed by atoms with E-state index in [0.717, 1.165) is 22.5 Å². The average Bonchev–Trinajstić information content (AvgIpc) is 3.10. The smallest absolute Gasteiger partial charge is 0.251 e. The molecule has 0 radical (unpaired) electrons. The molecule has 4 rings (SSSR count). The van der Waals surface area contributed by atoms with Crippen molar-refractivity contribution < 1.29 is 9.18 Å². The zero-order valence-electron chi connectivity index (χ0n) is 16.0. The van der Waals surface area contributed by atoms with Crippen LogP contribution in [-0.4, -0.2) is 23.2 Å². The summed E-state index contributed by atoms with van der Waals surface area (Å²) in [5.41, 5.74) is 5.03. The minimum atomic E-state index is -0.347. The maximum absolute atomic E-state index is 13.0. The van der Waals surface area contributed by atoms with Crippen molar-refractivity contribution in [2.45, 2.75) is 11.8 Å². The van der Waals surface area contributed by atoms with Crippen LogP contribution in [0.5, 0.6) is 0 Å². The molecule has 0 aliphatic carbocycles. The molecule has 0 saturated carbocycles. The molecule has 0 aliphatic rings. The van der Waals surface area contributed by atoms with Crippen molar-refractivity contribution in [3.05, 3.63) is 89.7 Å². The average molecular weight is 405 g/mol. The second-order valence-corrected chi connectivity index (χ2v) is 7.96. The van der Waals surface area contributed by atoms with Gasteiger partial charge in [0, 0.05) is 33.7 Å². The van der Waals surface area contributed by atoms with Crippen LogP contribution in [0.4, 0.5) is 4.39 Å². The second-order valence-electron chi connectivity index (χ2n) is 6.85. The summed E-state index contributed by atoms with van der Waals surface area (Å²) in [6.07, 6.45) is 0. The number of rotatable bonds is 6. The lowest BCUT2D eigenvalue weighted by Crippen LogP contribution is -2.25. The first-order chi connectivity index (χ1) is 14.1. The van der Waals surface area contributed by atoms with Crippen LogP contribution >= 0.6 is 11.8 Å². The number of halogens is 1. The summed E-state index contributed by atoms with van der Waals surface area (Å²) in [5, 5.41) is 4.08. The first-order valence-electron chi connectivity index (χ1n) is 9.46. The number of H-pyrrole nitrogens is 1. The Morgan fingerprint density at radius 1 is 1.00 bits per heavy atom. The predicted octanol–water partition coefficient (Wildman–Crippen LogP) is 5.80. The molecule has 3 nitrogen and oxygen atoms in total. The van der Waals surface area contributed by atoms with Crippen LogP contribution in [0.15, 0.2) is 77.7 Å². The Morgan fingerprint density at radius 3 is 2.48 bits per heavy atom. The van der Waals surface area contributed by atoms with Gasteiger partial charge in [-0.2, -0.15) is 0 Å². The number of amides is 1. The van der Waals surface area contributed by atoms with Gasteiger partial charge in [-0.15, -0.1) is 11.8 Å². The molecule has 1 amide bonds. The number of fused-ring (bicyclic) bond motifs is 1. The van der Waals surface area contributed by atoms with Gasteiger partial charge in [0.1, 0.15) is 5.82 Å². The van der Waals surface area contributed by atoms with Crippen molar-refractivity contribution in [3.63, 3.8) is 0 Å². The van der Waals surface area contributed by atoms with Crippen molar-refractivity contribution in [3.8, 4) is 11.3 Å². The summed E-state index contributed by atoms with van der Waals surface area (Å²) in [5.74, 6) is 0.191. The van der Waals surface area contributed by atoms with Crippen LogP contribution in [-0.2, 0) is 0 Å². The first-order valence-corrected chi connectivity index (χ1v) is 10.4. The van der Waals surface area contributed by atoms with Gasteiger partial charge in [-0.1, -0.05) is 48.0 Å². The number of hydrogen-bond acceptors (Lipinski definition) is 2. The number of aromatic amines is 1. The molecule has 4 aromatic rings. The highest BCUT2D eigenvalue weighted by Gasteiger charge is 2.14. The van der Waals surface area contributed by atoms with Crippen molar-refractivity contribution in [1.82, 2.24) is 10.3 Å². The maximum atomic E-state index is 13.0. The maximum Gasteiger partial charge on any atom is 0.251 e. The van der Waals surface area contributed by atoms with E-state index in [2.05, 4.69) is 53.6 Å². The van der Waals surface area contributed by atoms with Crippen LogP contribution < -0.4 is 5.32 Å². The van der Waals surface area contributed by atoms with Crippen LogP contribution in [0.3, 0.4) is 0 Å². The monoisotopic (exact) mass is 404 g/mol. The third-order valence-electron chi connectivity index (χ3n) is 4.74. The molecule has 0 aliphatic heterocycles. The highest BCUT2D eigenvalue weighted by Crippen LogP contribution is 2.37. The van der Waals surface area contributed by atoms with Crippen LogP contribution in [0.1, 0.15) is 15.9 Å². The summed E-state index contributed by atoms with van der Waals surface area (Å²) in [4.78, 5) is 16.9. The number of thioether (sulfide) groups is 1. The number of aromatic nitrogens is 1. The van der Waals surface area contributed by atoms with Gasteiger partial charge in [-0.3, -0.25) is 4.79 Å². The minimum Gasteiger partial charge on any atom is -0.354 e. The molecule has 0 spiro atoms. The van der Waals surface area contributed by atoms with Gasteiger partial charge >= 0.3 is 0 Å². The molecule has 1 aromatic heterocycles. The third kappa shape index (κ3) is 4.35. The van der Waals surface area contributed by atoms with Crippen molar-refractivity contribution in [2.75, 3.05) is 12.3 Å². The van der Waals surface area contributed by atoms with Crippen LogP contribution in [0, 0.1) is 12.7 Å². The quantitative estimate of drug-likeness (QED) is 0.315. The van der Waals surface area contributed by atoms with Gasteiger partial charge in [0.05, 0.1) is 5.69 Å². The van der Waals surface area contributed by atoms with Gasteiger partial charge < -0.3 is 10.3 Å². The minimum absolute atomic E-state index is 0.191. The molecule has 0 bridgehead atoms. The summed E-state index contributed by atoms with van der Waals surface area (Å²) < 4.78 is 13.0. The molecule has 0 unspecified atom stereocenters. The molecular weight excluding hydrogens is 383 g/mol.